The van der Waals surface area contributed by atoms with E-state index in [9.17, 15) is 13.2 Å². The van der Waals surface area contributed by atoms with Gasteiger partial charge in [-0.05, 0) is 24.6 Å². The average molecular weight is 317 g/mol. The number of rotatable bonds is 9. The number of ether oxygens (including phenoxy) is 2. The highest BCUT2D eigenvalue weighted by molar-refractivity contribution is 7.89. The summed E-state index contributed by atoms with van der Waals surface area (Å²) in [5.74, 6) is -1.16. The maximum absolute atomic E-state index is 12.1. The van der Waals surface area contributed by atoms with E-state index in [4.69, 9.17) is 14.6 Å². The minimum absolute atomic E-state index is 0.0331. The first-order chi connectivity index (χ1) is 9.90. The van der Waals surface area contributed by atoms with Gasteiger partial charge in [-0.25, -0.2) is 17.9 Å². The molecule has 0 aromatic heterocycles. The van der Waals surface area contributed by atoms with Gasteiger partial charge in [-0.1, -0.05) is 6.07 Å². The molecule has 0 unspecified atom stereocenters. The molecular weight excluding hydrogens is 298 g/mol. The molecule has 7 nitrogen and oxygen atoms in total. The van der Waals surface area contributed by atoms with E-state index in [1.54, 1.807) is 7.11 Å². The lowest BCUT2D eigenvalue weighted by molar-refractivity contribution is 0.0695. The second-order valence-corrected chi connectivity index (χ2v) is 5.97. The van der Waals surface area contributed by atoms with E-state index in [1.165, 1.54) is 25.1 Å². The third kappa shape index (κ3) is 5.09. The van der Waals surface area contributed by atoms with Crippen LogP contribution in [0.15, 0.2) is 23.1 Å². The van der Waals surface area contributed by atoms with Crippen molar-refractivity contribution >= 4 is 16.0 Å². The van der Waals surface area contributed by atoms with Gasteiger partial charge in [0.1, 0.15) is 0 Å². The van der Waals surface area contributed by atoms with Crippen LogP contribution in [0, 0.1) is 6.92 Å². The summed E-state index contributed by atoms with van der Waals surface area (Å²) < 4.78 is 36.6. The summed E-state index contributed by atoms with van der Waals surface area (Å²) in [6.07, 6.45) is 0. The molecule has 0 saturated heterocycles. The Labute approximate surface area is 123 Å². The molecule has 0 aliphatic heterocycles. The van der Waals surface area contributed by atoms with Gasteiger partial charge < -0.3 is 14.6 Å². The van der Waals surface area contributed by atoms with Crippen molar-refractivity contribution in [2.75, 3.05) is 33.5 Å². The van der Waals surface area contributed by atoms with Crippen molar-refractivity contribution in [3.8, 4) is 0 Å². The van der Waals surface area contributed by atoms with E-state index in [0.29, 0.717) is 13.2 Å². The average Bonchev–Trinajstić information content (AvgIpc) is 2.42. The minimum atomic E-state index is -3.76. The zero-order valence-electron chi connectivity index (χ0n) is 12.0. The van der Waals surface area contributed by atoms with Crippen LogP contribution >= 0.6 is 0 Å². The number of sulfonamides is 1. The Kier molecular flexibility index (Phi) is 6.76. The summed E-state index contributed by atoms with van der Waals surface area (Å²) >= 11 is 0. The van der Waals surface area contributed by atoms with Crippen LogP contribution < -0.4 is 4.72 Å². The quantitative estimate of drug-likeness (QED) is 0.648. The molecule has 0 bridgehead atoms. The van der Waals surface area contributed by atoms with Crippen molar-refractivity contribution < 1.29 is 27.8 Å². The molecule has 0 spiro atoms. The number of hydrogen-bond donors (Lipinski definition) is 2. The highest BCUT2D eigenvalue weighted by Gasteiger charge is 2.20. The smallest absolute Gasteiger partial charge is 0.335 e. The summed E-state index contributed by atoms with van der Waals surface area (Å²) in [5.41, 5.74) is 0.173. The summed E-state index contributed by atoms with van der Waals surface area (Å²) in [6, 6.07) is 4.14. The van der Waals surface area contributed by atoms with Crippen LogP contribution in [0.25, 0.3) is 0 Å². The monoisotopic (exact) mass is 317 g/mol. The largest absolute Gasteiger partial charge is 0.478 e. The molecule has 0 saturated carbocycles. The molecule has 1 rings (SSSR count). The number of carboxylic acids is 1. The highest BCUT2D eigenvalue weighted by atomic mass is 32.2. The number of aromatic carboxylic acids is 1. The molecule has 0 fully saturated rings. The fraction of sp³-hybridized carbons (Fsp3) is 0.462. The molecule has 0 heterocycles. The molecule has 8 heteroatoms. The van der Waals surface area contributed by atoms with Gasteiger partial charge in [-0.2, -0.15) is 0 Å². The van der Waals surface area contributed by atoms with Crippen molar-refractivity contribution in [1.29, 1.82) is 0 Å². The standard InChI is InChI=1S/C13H19NO6S/c1-10-11(13(15)16)4-3-5-12(10)21(17,18)14-6-7-20-9-8-19-2/h3-5,14H,6-9H2,1-2H3,(H,15,16). The number of nitrogens with one attached hydrogen (secondary N) is 1. The SMILES string of the molecule is COCCOCCNS(=O)(=O)c1cccc(C(=O)O)c1C. The van der Waals surface area contributed by atoms with Gasteiger partial charge in [0.05, 0.1) is 30.3 Å². The first-order valence-corrected chi connectivity index (χ1v) is 7.77. The first-order valence-electron chi connectivity index (χ1n) is 6.29. The van der Waals surface area contributed by atoms with E-state index >= 15 is 0 Å². The van der Waals surface area contributed by atoms with Crippen molar-refractivity contribution in [2.24, 2.45) is 0 Å². The van der Waals surface area contributed by atoms with Crippen LogP contribution in [0.5, 0.6) is 0 Å². The summed E-state index contributed by atoms with van der Waals surface area (Å²) in [4.78, 5) is 11.0. The third-order valence-corrected chi connectivity index (χ3v) is 4.38. The van der Waals surface area contributed by atoms with Crippen LogP contribution in [0.4, 0.5) is 0 Å². The van der Waals surface area contributed by atoms with Crippen molar-refractivity contribution in [2.45, 2.75) is 11.8 Å². The van der Waals surface area contributed by atoms with E-state index in [1.807, 2.05) is 0 Å². The number of methoxy groups -OCH3 is 1. The maximum atomic E-state index is 12.1. The number of carboxylic acid groups (broad SMARTS) is 1. The second-order valence-electron chi connectivity index (χ2n) is 4.24. The van der Waals surface area contributed by atoms with Crippen LogP contribution in [-0.2, 0) is 19.5 Å². The topological polar surface area (TPSA) is 102 Å². The van der Waals surface area contributed by atoms with E-state index < -0.39 is 16.0 Å². The minimum Gasteiger partial charge on any atom is -0.478 e. The summed E-state index contributed by atoms with van der Waals surface area (Å²) in [6.45, 7) is 2.59. The van der Waals surface area contributed by atoms with Crippen molar-refractivity contribution in [1.82, 2.24) is 4.72 Å². The maximum Gasteiger partial charge on any atom is 0.335 e. The lowest BCUT2D eigenvalue weighted by atomic mass is 10.1. The molecule has 0 amide bonds. The molecular formula is C13H19NO6S. The zero-order valence-corrected chi connectivity index (χ0v) is 12.8. The number of benzene rings is 1. The van der Waals surface area contributed by atoms with Crippen LogP contribution in [0.3, 0.4) is 0 Å². The van der Waals surface area contributed by atoms with Gasteiger partial charge in [-0.3, -0.25) is 0 Å². The lowest BCUT2D eigenvalue weighted by Crippen LogP contribution is -2.28. The summed E-state index contributed by atoms with van der Waals surface area (Å²) in [5, 5.41) is 9.01. The second kappa shape index (κ2) is 8.08. The van der Waals surface area contributed by atoms with Gasteiger partial charge >= 0.3 is 5.97 Å². The molecule has 0 atom stereocenters. The molecule has 0 aliphatic carbocycles. The van der Waals surface area contributed by atoms with Gasteiger partial charge in [-0.15, -0.1) is 0 Å². The lowest BCUT2D eigenvalue weighted by Gasteiger charge is -2.11. The fourth-order valence-corrected chi connectivity index (χ4v) is 2.99. The number of carbonyl (C=O) groups is 1. The molecule has 0 radical (unpaired) electrons. The van der Waals surface area contributed by atoms with E-state index in [2.05, 4.69) is 4.72 Å². The van der Waals surface area contributed by atoms with E-state index in [0.717, 1.165) is 0 Å². The summed E-state index contributed by atoms with van der Waals surface area (Å²) in [7, 11) is -2.22. The van der Waals surface area contributed by atoms with Gasteiger partial charge in [0.25, 0.3) is 0 Å². The number of hydrogen-bond acceptors (Lipinski definition) is 5. The Balaban J connectivity index is 2.71. The van der Waals surface area contributed by atoms with E-state index in [-0.39, 0.29) is 29.2 Å². The van der Waals surface area contributed by atoms with Gasteiger partial charge in [0.15, 0.2) is 0 Å². The molecule has 21 heavy (non-hydrogen) atoms. The fourth-order valence-electron chi connectivity index (χ4n) is 1.71. The van der Waals surface area contributed by atoms with Crippen LogP contribution in [0.1, 0.15) is 15.9 Å². The van der Waals surface area contributed by atoms with Gasteiger partial charge in [0.2, 0.25) is 10.0 Å². The third-order valence-electron chi connectivity index (χ3n) is 2.77. The molecule has 1 aromatic carbocycles. The molecule has 2 N–H and O–H groups in total. The predicted octanol–water partition coefficient (Wildman–Crippen LogP) is 0.635. The Morgan fingerprint density at radius 1 is 1.29 bits per heavy atom. The molecule has 118 valence electrons. The molecule has 1 aromatic rings. The molecule has 0 aliphatic rings. The Hall–Kier alpha value is -1.48. The van der Waals surface area contributed by atoms with Gasteiger partial charge in [0, 0.05) is 13.7 Å². The highest BCUT2D eigenvalue weighted by Crippen LogP contribution is 2.18. The predicted molar refractivity (Wildman–Crippen MR) is 76.0 cm³/mol. The zero-order chi connectivity index (χ0) is 15.9. The Bertz CT molecular complexity index is 584. The van der Waals surface area contributed by atoms with Crippen molar-refractivity contribution in [3.63, 3.8) is 0 Å². The normalized spacial score (nSPS) is 11.5. The Morgan fingerprint density at radius 3 is 2.62 bits per heavy atom. The van der Waals surface area contributed by atoms with Crippen LogP contribution in [-0.4, -0.2) is 53.0 Å². The Morgan fingerprint density at radius 2 is 2.00 bits per heavy atom. The first kappa shape index (κ1) is 17.6. The van der Waals surface area contributed by atoms with Crippen LogP contribution in [0.2, 0.25) is 0 Å². The van der Waals surface area contributed by atoms with Crippen molar-refractivity contribution in [3.05, 3.63) is 29.3 Å².